The Morgan fingerprint density at radius 1 is 1.50 bits per heavy atom. The molecule has 0 radical (unpaired) electrons. The van der Waals surface area contributed by atoms with Gasteiger partial charge >= 0.3 is 0 Å². The van der Waals surface area contributed by atoms with E-state index in [1.807, 2.05) is 6.92 Å². The number of aromatic amines is 1. The van der Waals surface area contributed by atoms with Gasteiger partial charge in [0, 0.05) is 0 Å². The summed E-state index contributed by atoms with van der Waals surface area (Å²) in [5.74, 6) is -0.367. The molecule has 0 aromatic carbocycles. The molecule has 6 nitrogen and oxygen atoms in total. The van der Waals surface area contributed by atoms with Crippen molar-refractivity contribution in [3.8, 4) is 0 Å². The maximum absolute atomic E-state index is 12.2. The molecule has 0 spiro atoms. The average Bonchev–Trinajstić information content (AvgIpc) is 2.75. The third kappa shape index (κ3) is 2.91. The molecule has 1 amide bonds. The second-order valence-electron chi connectivity index (χ2n) is 4.44. The second-order valence-corrected chi connectivity index (χ2v) is 4.82. The third-order valence-electron chi connectivity index (χ3n) is 2.90. The number of hydrogen-bond donors (Lipinski definition) is 3. The lowest BCUT2D eigenvalue weighted by Gasteiger charge is -2.07. The number of halogens is 1. The number of pyridine rings is 1. The fourth-order valence-corrected chi connectivity index (χ4v) is 2.03. The summed E-state index contributed by atoms with van der Waals surface area (Å²) in [4.78, 5) is 16.2. The minimum absolute atomic E-state index is 0.197. The van der Waals surface area contributed by atoms with Crippen molar-refractivity contribution in [1.29, 1.82) is 0 Å². The van der Waals surface area contributed by atoms with Gasteiger partial charge in [-0.1, -0.05) is 24.9 Å². The predicted octanol–water partition coefficient (Wildman–Crippen LogP) is 2.55. The number of hydrogen-bond acceptors (Lipinski definition) is 4. The Morgan fingerprint density at radius 2 is 2.25 bits per heavy atom. The quantitative estimate of drug-likeness (QED) is 0.755. The molecule has 0 unspecified atom stereocenters. The molecular formula is C13H16ClN5O. The highest BCUT2D eigenvalue weighted by Gasteiger charge is 2.17. The summed E-state index contributed by atoms with van der Waals surface area (Å²) in [5, 5.41) is 9.87. The van der Waals surface area contributed by atoms with Gasteiger partial charge in [0.05, 0.1) is 22.8 Å². The lowest BCUT2D eigenvalue weighted by Crippen LogP contribution is -2.15. The van der Waals surface area contributed by atoms with Crippen LogP contribution in [0.4, 0.5) is 11.4 Å². The Kier molecular flexibility index (Phi) is 4.24. The zero-order valence-corrected chi connectivity index (χ0v) is 12.1. The van der Waals surface area contributed by atoms with Gasteiger partial charge in [-0.05, 0) is 25.5 Å². The maximum Gasteiger partial charge on any atom is 0.278 e. The summed E-state index contributed by atoms with van der Waals surface area (Å²) in [7, 11) is 0. The summed E-state index contributed by atoms with van der Waals surface area (Å²) in [6.07, 6.45) is 1.68. The van der Waals surface area contributed by atoms with Crippen molar-refractivity contribution in [2.45, 2.75) is 26.7 Å². The van der Waals surface area contributed by atoms with E-state index in [-0.39, 0.29) is 11.6 Å². The Hall–Kier alpha value is -2.08. The van der Waals surface area contributed by atoms with E-state index in [9.17, 15) is 4.79 Å². The van der Waals surface area contributed by atoms with Crippen molar-refractivity contribution < 1.29 is 4.79 Å². The van der Waals surface area contributed by atoms with Crippen LogP contribution in [0.3, 0.4) is 0 Å². The number of nitrogens with one attached hydrogen (secondary N) is 2. The standard InChI is InChI=1S/C13H16ClN5O/c1-3-4-9-11(15)12(19-18-9)13(20)17-8-5-6-10(14)16-7(8)2/h5-6H,3-4,15H2,1-2H3,(H,17,20)(H,18,19). The zero-order chi connectivity index (χ0) is 14.7. The number of carbonyl (C=O) groups excluding carboxylic acids is 1. The molecule has 0 aliphatic carbocycles. The summed E-state index contributed by atoms with van der Waals surface area (Å²) in [6, 6.07) is 3.30. The summed E-state index contributed by atoms with van der Waals surface area (Å²) in [6.45, 7) is 3.79. The monoisotopic (exact) mass is 293 g/mol. The minimum atomic E-state index is -0.367. The molecule has 0 saturated heterocycles. The van der Waals surface area contributed by atoms with Crippen LogP contribution in [0, 0.1) is 6.92 Å². The van der Waals surface area contributed by atoms with E-state index in [4.69, 9.17) is 17.3 Å². The molecule has 0 fully saturated rings. The number of nitrogens with two attached hydrogens (primary N) is 1. The first-order chi connectivity index (χ1) is 9.52. The lowest BCUT2D eigenvalue weighted by atomic mass is 10.2. The van der Waals surface area contributed by atoms with Gasteiger partial charge in [-0.25, -0.2) is 4.98 Å². The highest BCUT2D eigenvalue weighted by Crippen LogP contribution is 2.19. The van der Waals surface area contributed by atoms with E-state index in [0.29, 0.717) is 22.2 Å². The highest BCUT2D eigenvalue weighted by molar-refractivity contribution is 6.29. The molecule has 0 aliphatic rings. The van der Waals surface area contributed by atoms with E-state index in [2.05, 4.69) is 20.5 Å². The number of amides is 1. The van der Waals surface area contributed by atoms with Crippen LogP contribution < -0.4 is 11.1 Å². The van der Waals surface area contributed by atoms with Gasteiger partial charge in [-0.15, -0.1) is 0 Å². The van der Waals surface area contributed by atoms with Gasteiger partial charge in [0.2, 0.25) is 0 Å². The van der Waals surface area contributed by atoms with E-state index >= 15 is 0 Å². The number of nitrogens with zero attached hydrogens (tertiary/aromatic N) is 2. The molecule has 2 aromatic rings. The zero-order valence-electron chi connectivity index (χ0n) is 11.3. The highest BCUT2D eigenvalue weighted by atomic mass is 35.5. The lowest BCUT2D eigenvalue weighted by molar-refractivity contribution is 0.102. The van der Waals surface area contributed by atoms with Gasteiger partial charge in [-0.3, -0.25) is 9.89 Å². The molecule has 2 rings (SSSR count). The first-order valence-corrected chi connectivity index (χ1v) is 6.68. The van der Waals surface area contributed by atoms with Crippen LogP contribution in [0.25, 0.3) is 0 Å². The van der Waals surface area contributed by atoms with Crippen molar-refractivity contribution in [2.75, 3.05) is 11.1 Å². The third-order valence-corrected chi connectivity index (χ3v) is 3.11. The summed E-state index contributed by atoms with van der Waals surface area (Å²) < 4.78 is 0. The fourth-order valence-electron chi connectivity index (χ4n) is 1.84. The van der Waals surface area contributed by atoms with Crippen molar-refractivity contribution in [3.05, 3.63) is 34.4 Å². The Bertz CT molecular complexity index is 638. The van der Waals surface area contributed by atoms with Crippen molar-refractivity contribution in [2.24, 2.45) is 0 Å². The molecule has 106 valence electrons. The van der Waals surface area contributed by atoms with Gasteiger partial charge in [-0.2, -0.15) is 5.10 Å². The number of nitrogen functional groups attached to an aromatic ring is 1. The molecule has 4 N–H and O–H groups in total. The van der Waals surface area contributed by atoms with Crippen molar-refractivity contribution >= 4 is 28.9 Å². The molecule has 0 bridgehead atoms. The van der Waals surface area contributed by atoms with Gasteiger partial charge < -0.3 is 11.1 Å². The SMILES string of the molecule is CCCc1[nH]nc(C(=O)Nc2ccc(Cl)nc2C)c1N. The Labute approximate surface area is 121 Å². The second kappa shape index (κ2) is 5.92. The summed E-state index contributed by atoms with van der Waals surface area (Å²) in [5.41, 5.74) is 8.50. The molecule has 2 aromatic heterocycles. The van der Waals surface area contributed by atoms with E-state index in [1.54, 1.807) is 19.1 Å². The molecular weight excluding hydrogens is 278 g/mol. The van der Waals surface area contributed by atoms with E-state index in [1.165, 1.54) is 0 Å². The number of aromatic nitrogens is 3. The minimum Gasteiger partial charge on any atom is -0.395 e. The van der Waals surface area contributed by atoms with Crippen LogP contribution in [0.5, 0.6) is 0 Å². The molecule has 2 heterocycles. The van der Waals surface area contributed by atoms with Crippen molar-refractivity contribution in [1.82, 2.24) is 15.2 Å². The number of carbonyl (C=O) groups is 1. The van der Waals surface area contributed by atoms with Gasteiger partial charge in [0.15, 0.2) is 5.69 Å². The molecule has 7 heteroatoms. The molecule has 0 atom stereocenters. The van der Waals surface area contributed by atoms with Gasteiger partial charge in [0.1, 0.15) is 5.15 Å². The Morgan fingerprint density at radius 3 is 2.90 bits per heavy atom. The fraction of sp³-hybridized carbons (Fsp3) is 0.308. The van der Waals surface area contributed by atoms with E-state index in [0.717, 1.165) is 18.5 Å². The number of anilines is 2. The molecule has 20 heavy (non-hydrogen) atoms. The first kappa shape index (κ1) is 14.3. The first-order valence-electron chi connectivity index (χ1n) is 6.30. The number of H-pyrrole nitrogens is 1. The normalized spacial score (nSPS) is 10.6. The average molecular weight is 294 g/mol. The Balaban J connectivity index is 2.20. The maximum atomic E-state index is 12.2. The summed E-state index contributed by atoms with van der Waals surface area (Å²) >= 11 is 5.77. The number of aryl methyl sites for hydroxylation is 2. The van der Waals surface area contributed by atoms with E-state index < -0.39 is 0 Å². The predicted molar refractivity (Wildman–Crippen MR) is 78.9 cm³/mol. The molecule has 0 aliphatic heterocycles. The smallest absolute Gasteiger partial charge is 0.278 e. The van der Waals surface area contributed by atoms with Crippen LogP contribution in [0.2, 0.25) is 5.15 Å². The molecule has 0 saturated carbocycles. The van der Waals surface area contributed by atoms with Crippen LogP contribution in [0.15, 0.2) is 12.1 Å². The van der Waals surface area contributed by atoms with Gasteiger partial charge in [0.25, 0.3) is 5.91 Å². The number of rotatable bonds is 4. The van der Waals surface area contributed by atoms with Crippen molar-refractivity contribution in [3.63, 3.8) is 0 Å². The van der Waals surface area contributed by atoms with Crippen LogP contribution in [0.1, 0.15) is 35.2 Å². The van der Waals surface area contributed by atoms with Crippen LogP contribution in [-0.4, -0.2) is 21.1 Å². The van der Waals surface area contributed by atoms with Crippen LogP contribution >= 0.6 is 11.6 Å². The van der Waals surface area contributed by atoms with Crippen LogP contribution in [-0.2, 0) is 6.42 Å². The topological polar surface area (TPSA) is 96.7 Å². The largest absolute Gasteiger partial charge is 0.395 e.